The molecule has 3 heteroatoms. The van der Waals surface area contributed by atoms with Crippen LogP contribution in [0.25, 0.3) is 0 Å². The van der Waals surface area contributed by atoms with Crippen LogP contribution in [0.15, 0.2) is 0 Å². The Morgan fingerprint density at radius 1 is 1.38 bits per heavy atom. The van der Waals surface area contributed by atoms with E-state index in [4.69, 9.17) is 5.11 Å². The number of aliphatic hydroxyl groups is 1. The molecule has 16 heavy (non-hydrogen) atoms. The van der Waals surface area contributed by atoms with E-state index in [1.807, 2.05) is 0 Å². The molecule has 0 amide bonds. The van der Waals surface area contributed by atoms with Crippen molar-refractivity contribution in [3.05, 3.63) is 0 Å². The second kappa shape index (κ2) is 8.04. The van der Waals surface area contributed by atoms with Crippen LogP contribution >= 0.6 is 0 Å². The Kier molecular flexibility index (Phi) is 7.01. The van der Waals surface area contributed by atoms with Crippen molar-refractivity contribution in [1.82, 2.24) is 10.6 Å². The molecule has 1 heterocycles. The van der Waals surface area contributed by atoms with Gasteiger partial charge in [-0.2, -0.15) is 0 Å². The Morgan fingerprint density at radius 3 is 2.88 bits per heavy atom. The summed E-state index contributed by atoms with van der Waals surface area (Å²) in [5.41, 5.74) is 0. The Bertz CT molecular complexity index is 163. The summed E-state index contributed by atoms with van der Waals surface area (Å²) in [7, 11) is 0. The lowest BCUT2D eigenvalue weighted by Crippen LogP contribution is -2.42. The van der Waals surface area contributed by atoms with Gasteiger partial charge in [0, 0.05) is 18.1 Å². The van der Waals surface area contributed by atoms with Gasteiger partial charge in [-0.1, -0.05) is 19.8 Å². The normalized spacial score (nSPS) is 26.1. The molecule has 1 rings (SSSR count). The van der Waals surface area contributed by atoms with Gasteiger partial charge in [0.05, 0.1) is 6.61 Å². The predicted octanol–water partition coefficient (Wildman–Crippen LogP) is 1.66. The molecule has 1 aliphatic heterocycles. The summed E-state index contributed by atoms with van der Waals surface area (Å²) in [4.78, 5) is 0. The highest BCUT2D eigenvalue weighted by molar-refractivity contribution is 4.78. The van der Waals surface area contributed by atoms with Crippen LogP contribution in [0, 0.1) is 0 Å². The van der Waals surface area contributed by atoms with Crippen molar-refractivity contribution in [3.63, 3.8) is 0 Å². The van der Waals surface area contributed by atoms with Crippen LogP contribution in [0.4, 0.5) is 0 Å². The quantitative estimate of drug-likeness (QED) is 0.648. The molecule has 3 N–H and O–H groups in total. The molecule has 0 radical (unpaired) electrons. The van der Waals surface area contributed by atoms with E-state index in [-0.39, 0.29) is 12.6 Å². The first-order valence-electron chi connectivity index (χ1n) is 6.86. The third-order valence-electron chi connectivity index (χ3n) is 3.53. The molecule has 3 unspecified atom stereocenters. The summed E-state index contributed by atoms with van der Waals surface area (Å²) in [6, 6.07) is 1.43. The van der Waals surface area contributed by atoms with Crippen LogP contribution in [0.2, 0.25) is 0 Å². The fourth-order valence-corrected chi connectivity index (χ4v) is 2.50. The van der Waals surface area contributed by atoms with Gasteiger partial charge in [-0.05, 0) is 39.2 Å². The van der Waals surface area contributed by atoms with E-state index in [0.29, 0.717) is 12.1 Å². The molecular weight excluding hydrogens is 200 g/mol. The van der Waals surface area contributed by atoms with Gasteiger partial charge < -0.3 is 15.7 Å². The summed E-state index contributed by atoms with van der Waals surface area (Å²) in [5, 5.41) is 16.3. The molecule has 0 spiro atoms. The van der Waals surface area contributed by atoms with Gasteiger partial charge in [0.25, 0.3) is 0 Å². The van der Waals surface area contributed by atoms with Crippen molar-refractivity contribution in [2.45, 2.75) is 70.5 Å². The highest BCUT2D eigenvalue weighted by Crippen LogP contribution is 2.12. The molecule has 0 aromatic rings. The highest BCUT2D eigenvalue weighted by Gasteiger charge is 2.16. The summed E-state index contributed by atoms with van der Waals surface area (Å²) in [6.07, 6.45) is 7.55. The van der Waals surface area contributed by atoms with E-state index in [0.717, 1.165) is 6.42 Å². The van der Waals surface area contributed by atoms with Crippen molar-refractivity contribution in [2.75, 3.05) is 13.2 Å². The molecule has 0 bridgehead atoms. The van der Waals surface area contributed by atoms with Crippen LogP contribution in [-0.2, 0) is 0 Å². The van der Waals surface area contributed by atoms with Gasteiger partial charge in [-0.3, -0.25) is 0 Å². The molecule has 96 valence electrons. The Hall–Kier alpha value is -0.120. The van der Waals surface area contributed by atoms with Crippen LogP contribution in [0.3, 0.4) is 0 Å². The number of rotatable bonds is 6. The monoisotopic (exact) mass is 228 g/mol. The van der Waals surface area contributed by atoms with Crippen LogP contribution < -0.4 is 10.6 Å². The van der Waals surface area contributed by atoms with Gasteiger partial charge in [0.15, 0.2) is 0 Å². The molecule has 0 aromatic heterocycles. The van der Waals surface area contributed by atoms with Gasteiger partial charge in [-0.25, -0.2) is 0 Å². The lowest BCUT2D eigenvalue weighted by Gasteiger charge is -2.25. The maximum absolute atomic E-state index is 9.15. The lowest BCUT2D eigenvalue weighted by molar-refractivity contribution is 0.224. The van der Waals surface area contributed by atoms with E-state index < -0.39 is 0 Å². The van der Waals surface area contributed by atoms with Gasteiger partial charge in [0.2, 0.25) is 0 Å². The molecule has 1 fully saturated rings. The SMILES string of the molecule is CCC(CO)NC(C)CC1CCCCCN1. The number of hydrogen-bond acceptors (Lipinski definition) is 3. The largest absolute Gasteiger partial charge is 0.395 e. The summed E-state index contributed by atoms with van der Waals surface area (Å²) in [5.74, 6) is 0. The van der Waals surface area contributed by atoms with Crippen LogP contribution in [0.5, 0.6) is 0 Å². The topological polar surface area (TPSA) is 44.3 Å². The summed E-state index contributed by atoms with van der Waals surface area (Å²) in [6.45, 7) is 5.77. The van der Waals surface area contributed by atoms with Crippen molar-refractivity contribution in [2.24, 2.45) is 0 Å². The smallest absolute Gasteiger partial charge is 0.0584 e. The minimum Gasteiger partial charge on any atom is -0.395 e. The molecule has 3 atom stereocenters. The molecule has 0 aliphatic carbocycles. The van der Waals surface area contributed by atoms with Gasteiger partial charge in [-0.15, -0.1) is 0 Å². The fourth-order valence-electron chi connectivity index (χ4n) is 2.50. The maximum atomic E-state index is 9.15. The minimum absolute atomic E-state index is 0.249. The Morgan fingerprint density at radius 2 is 2.19 bits per heavy atom. The maximum Gasteiger partial charge on any atom is 0.0584 e. The summed E-state index contributed by atoms with van der Waals surface area (Å²) >= 11 is 0. The number of aliphatic hydroxyl groups excluding tert-OH is 1. The van der Waals surface area contributed by atoms with E-state index >= 15 is 0 Å². The molecule has 0 saturated carbocycles. The molecular formula is C13H28N2O. The number of nitrogens with one attached hydrogen (secondary N) is 2. The zero-order chi connectivity index (χ0) is 11.8. The van der Waals surface area contributed by atoms with E-state index in [1.54, 1.807) is 0 Å². The Labute approximate surface area is 100 Å². The third-order valence-corrected chi connectivity index (χ3v) is 3.53. The van der Waals surface area contributed by atoms with Crippen molar-refractivity contribution < 1.29 is 5.11 Å². The standard InChI is InChI=1S/C13H28N2O/c1-3-12(10-16)15-11(2)9-13-7-5-4-6-8-14-13/h11-16H,3-10H2,1-2H3. The van der Waals surface area contributed by atoms with Gasteiger partial charge in [0.1, 0.15) is 0 Å². The second-order valence-electron chi connectivity index (χ2n) is 5.09. The molecule has 1 saturated heterocycles. The highest BCUT2D eigenvalue weighted by atomic mass is 16.3. The third kappa shape index (κ3) is 5.28. The fraction of sp³-hybridized carbons (Fsp3) is 1.00. The molecule has 3 nitrogen and oxygen atoms in total. The average molecular weight is 228 g/mol. The zero-order valence-corrected chi connectivity index (χ0v) is 10.8. The van der Waals surface area contributed by atoms with E-state index in [9.17, 15) is 0 Å². The first-order valence-corrected chi connectivity index (χ1v) is 6.86. The van der Waals surface area contributed by atoms with Crippen molar-refractivity contribution in [3.8, 4) is 0 Å². The zero-order valence-electron chi connectivity index (χ0n) is 10.8. The van der Waals surface area contributed by atoms with Crippen molar-refractivity contribution >= 4 is 0 Å². The summed E-state index contributed by atoms with van der Waals surface area (Å²) < 4.78 is 0. The average Bonchev–Trinajstić information content (AvgIpc) is 2.54. The predicted molar refractivity (Wildman–Crippen MR) is 68.6 cm³/mol. The first-order chi connectivity index (χ1) is 7.76. The Balaban J connectivity index is 2.23. The first kappa shape index (κ1) is 13.9. The second-order valence-corrected chi connectivity index (χ2v) is 5.09. The van der Waals surface area contributed by atoms with E-state index in [1.165, 1.54) is 38.6 Å². The van der Waals surface area contributed by atoms with E-state index in [2.05, 4.69) is 24.5 Å². The minimum atomic E-state index is 0.249. The number of hydrogen-bond donors (Lipinski definition) is 3. The molecule has 0 aromatic carbocycles. The molecule has 1 aliphatic rings. The van der Waals surface area contributed by atoms with Crippen LogP contribution in [-0.4, -0.2) is 36.4 Å². The lowest BCUT2D eigenvalue weighted by atomic mass is 10.0. The van der Waals surface area contributed by atoms with Crippen LogP contribution in [0.1, 0.15) is 52.4 Å². The van der Waals surface area contributed by atoms with Crippen molar-refractivity contribution in [1.29, 1.82) is 0 Å². The van der Waals surface area contributed by atoms with Gasteiger partial charge >= 0.3 is 0 Å².